The molecule has 0 atom stereocenters. The zero-order chi connectivity index (χ0) is 13.8. The summed E-state index contributed by atoms with van der Waals surface area (Å²) in [5.74, 6) is -0.942. The van der Waals surface area contributed by atoms with Crippen LogP contribution in [0.5, 0.6) is 0 Å². The SMILES string of the molecule is CCNCC(=O)N1CCCc2c(C(=O)O)cccc21. The zero-order valence-electron chi connectivity index (χ0n) is 11.0. The van der Waals surface area contributed by atoms with Gasteiger partial charge in [-0.1, -0.05) is 13.0 Å². The van der Waals surface area contributed by atoms with Crippen LogP contribution in [-0.2, 0) is 11.2 Å². The highest BCUT2D eigenvalue weighted by molar-refractivity contribution is 5.99. The van der Waals surface area contributed by atoms with Gasteiger partial charge in [0.1, 0.15) is 0 Å². The molecule has 0 radical (unpaired) electrons. The highest BCUT2D eigenvalue weighted by atomic mass is 16.4. The quantitative estimate of drug-likeness (QED) is 0.857. The van der Waals surface area contributed by atoms with E-state index in [9.17, 15) is 14.7 Å². The Morgan fingerprint density at radius 1 is 1.42 bits per heavy atom. The van der Waals surface area contributed by atoms with E-state index < -0.39 is 5.97 Å². The summed E-state index contributed by atoms with van der Waals surface area (Å²) in [7, 11) is 0. The van der Waals surface area contributed by atoms with E-state index >= 15 is 0 Å². The maximum Gasteiger partial charge on any atom is 0.336 e. The summed E-state index contributed by atoms with van der Waals surface area (Å²) in [5, 5.41) is 12.2. The number of carbonyl (C=O) groups is 2. The van der Waals surface area contributed by atoms with Crippen LogP contribution in [0.25, 0.3) is 0 Å². The summed E-state index contributed by atoms with van der Waals surface area (Å²) in [4.78, 5) is 25.0. The molecule has 1 amide bonds. The third-order valence-electron chi connectivity index (χ3n) is 3.31. The number of carbonyl (C=O) groups excluding carboxylic acids is 1. The Morgan fingerprint density at radius 3 is 2.89 bits per heavy atom. The number of hydrogen-bond acceptors (Lipinski definition) is 3. The van der Waals surface area contributed by atoms with Crippen LogP contribution in [0.2, 0.25) is 0 Å². The largest absolute Gasteiger partial charge is 0.478 e. The van der Waals surface area contributed by atoms with Gasteiger partial charge in [0, 0.05) is 12.2 Å². The number of nitrogens with zero attached hydrogens (tertiary/aromatic N) is 1. The van der Waals surface area contributed by atoms with E-state index in [0.29, 0.717) is 18.5 Å². The summed E-state index contributed by atoms with van der Waals surface area (Å²) >= 11 is 0. The van der Waals surface area contributed by atoms with Crippen LogP contribution >= 0.6 is 0 Å². The molecule has 1 aromatic carbocycles. The van der Waals surface area contributed by atoms with Gasteiger partial charge < -0.3 is 15.3 Å². The second-order valence-electron chi connectivity index (χ2n) is 4.54. The lowest BCUT2D eigenvalue weighted by Gasteiger charge is -2.30. The van der Waals surface area contributed by atoms with Crippen LogP contribution in [0, 0.1) is 0 Å². The van der Waals surface area contributed by atoms with Gasteiger partial charge >= 0.3 is 5.97 Å². The van der Waals surface area contributed by atoms with Crippen molar-refractivity contribution in [1.82, 2.24) is 5.32 Å². The molecule has 1 aliphatic rings. The first-order chi connectivity index (χ1) is 9.15. The first-order valence-electron chi connectivity index (χ1n) is 6.51. The summed E-state index contributed by atoms with van der Waals surface area (Å²) in [6, 6.07) is 5.12. The van der Waals surface area contributed by atoms with Crippen LogP contribution < -0.4 is 10.2 Å². The molecular formula is C14H18N2O3. The van der Waals surface area contributed by atoms with E-state index in [-0.39, 0.29) is 12.5 Å². The third kappa shape index (κ3) is 2.76. The number of benzene rings is 1. The minimum absolute atomic E-state index is 0.00895. The van der Waals surface area contributed by atoms with E-state index in [1.54, 1.807) is 17.0 Å². The molecule has 0 unspecified atom stereocenters. The Bertz CT molecular complexity index is 499. The van der Waals surface area contributed by atoms with Crippen LogP contribution in [0.1, 0.15) is 29.3 Å². The standard InChI is InChI=1S/C14H18N2O3/c1-2-15-9-13(17)16-8-4-6-10-11(14(18)19)5-3-7-12(10)16/h3,5,7,15H,2,4,6,8-9H2,1H3,(H,18,19). The average Bonchev–Trinajstić information content (AvgIpc) is 2.43. The van der Waals surface area contributed by atoms with Crippen molar-refractivity contribution >= 4 is 17.6 Å². The molecule has 0 bridgehead atoms. The Hall–Kier alpha value is -1.88. The fourth-order valence-corrected chi connectivity index (χ4v) is 2.41. The van der Waals surface area contributed by atoms with Crippen LogP contribution in [0.15, 0.2) is 18.2 Å². The normalized spacial score (nSPS) is 14.1. The molecule has 0 saturated heterocycles. The summed E-state index contributed by atoms with van der Waals surface area (Å²) in [6.07, 6.45) is 1.51. The number of hydrogen-bond donors (Lipinski definition) is 2. The van der Waals surface area contributed by atoms with Crippen molar-refractivity contribution in [3.63, 3.8) is 0 Å². The molecular weight excluding hydrogens is 244 g/mol. The Morgan fingerprint density at radius 2 is 2.21 bits per heavy atom. The molecule has 2 N–H and O–H groups in total. The minimum Gasteiger partial charge on any atom is -0.478 e. The molecule has 102 valence electrons. The second-order valence-corrected chi connectivity index (χ2v) is 4.54. The van der Waals surface area contributed by atoms with Gasteiger partial charge in [-0.05, 0) is 37.1 Å². The number of fused-ring (bicyclic) bond motifs is 1. The molecule has 2 rings (SSSR count). The molecule has 19 heavy (non-hydrogen) atoms. The monoisotopic (exact) mass is 262 g/mol. The number of anilines is 1. The van der Waals surface area contributed by atoms with Crippen molar-refractivity contribution < 1.29 is 14.7 Å². The van der Waals surface area contributed by atoms with Crippen molar-refractivity contribution in [2.75, 3.05) is 24.5 Å². The minimum atomic E-state index is -0.933. The molecule has 1 heterocycles. The van der Waals surface area contributed by atoms with E-state index in [0.717, 1.165) is 24.2 Å². The summed E-state index contributed by atoms with van der Waals surface area (Å²) < 4.78 is 0. The number of rotatable bonds is 4. The van der Waals surface area contributed by atoms with Gasteiger partial charge in [0.25, 0.3) is 0 Å². The number of aromatic carboxylic acids is 1. The first-order valence-corrected chi connectivity index (χ1v) is 6.51. The molecule has 0 spiro atoms. The van der Waals surface area contributed by atoms with Gasteiger partial charge in [-0.3, -0.25) is 4.79 Å². The molecule has 0 saturated carbocycles. The van der Waals surface area contributed by atoms with Crippen molar-refractivity contribution in [1.29, 1.82) is 0 Å². The van der Waals surface area contributed by atoms with E-state index in [2.05, 4.69) is 5.32 Å². The van der Waals surface area contributed by atoms with Gasteiger partial charge in [0.15, 0.2) is 0 Å². The zero-order valence-corrected chi connectivity index (χ0v) is 11.0. The lowest BCUT2D eigenvalue weighted by molar-refractivity contribution is -0.117. The predicted octanol–water partition coefficient (Wildman–Crippen LogP) is 1.27. The maximum atomic E-state index is 12.1. The number of carboxylic acids is 1. The lowest BCUT2D eigenvalue weighted by atomic mass is 9.96. The maximum absolute atomic E-state index is 12.1. The Labute approximate surface area is 112 Å². The number of nitrogens with one attached hydrogen (secondary N) is 1. The van der Waals surface area contributed by atoms with Crippen LogP contribution in [0.3, 0.4) is 0 Å². The molecule has 0 aliphatic carbocycles. The summed E-state index contributed by atoms with van der Waals surface area (Å²) in [6.45, 7) is 3.62. The van der Waals surface area contributed by atoms with Crippen molar-refractivity contribution in [3.05, 3.63) is 29.3 Å². The molecule has 5 nitrogen and oxygen atoms in total. The van der Waals surface area contributed by atoms with Crippen LogP contribution in [0.4, 0.5) is 5.69 Å². The predicted molar refractivity (Wildman–Crippen MR) is 72.6 cm³/mol. The van der Waals surface area contributed by atoms with Gasteiger partial charge in [-0.15, -0.1) is 0 Å². The molecule has 5 heteroatoms. The Kier molecular flexibility index (Phi) is 4.16. The van der Waals surface area contributed by atoms with Gasteiger partial charge in [-0.25, -0.2) is 4.79 Å². The van der Waals surface area contributed by atoms with Crippen molar-refractivity contribution in [2.45, 2.75) is 19.8 Å². The molecule has 0 aromatic heterocycles. The van der Waals surface area contributed by atoms with E-state index in [1.165, 1.54) is 0 Å². The van der Waals surface area contributed by atoms with Crippen molar-refractivity contribution in [2.24, 2.45) is 0 Å². The molecule has 0 fully saturated rings. The molecule has 1 aliphatic heterocycles. The number of likely N-dealkylation sites (N-methyl/N-ethyl adjacent to an activating group) is 1. The third-order valence-corrected chi connectivity index (χ3v) is 3.31. The fourth-order valence-electron chi connectivity index (χ4n) is 2.41. The highest BCUT2D eigenvalue weighted by Crippen LogP contribution is 2.29. The van der Waals surface area contributed by atoms with Gasteiger partial charge in [-0.2, -0.15) is 0 Å². The first kappa shape index (κ1) is 13.5. The van der Waals surface area contributed by atoms with Gasteiger partial charge in [0.2, 0.25) is 5.91 Å². The van der Waals surface area contributed by atoms with Gasteiger partial charge in [0.05, 0.1) is 12.1 Å². The number of amides is 1. The van der Waals surface area contributed by atoms with Crippen molar-refractivity contribution in [3.8, 4) is 0 Å². The van der Waals surface area contributed by atoms with E-state index in [4.69, 9.17) is 0 Å². The second kappa shape index (κ2) is 5.84. The molecule has 1 aromatic rings. The van der Waals surface area contributed by atoms with Crippen LogP contribution in [-0.4, -0.2) is 36.6 Å². The number of carboxylic acid groups (broad SMARTS) is 1. The van der Waals surface area contributed by atoms with E-state index in [1.807, 2.05) is 13.0 Å². The smallest absolute Gasteiger partial charge is 0.336 e. The highest BCUT2D eigenvalue weighted by Gasteiger charge is 2.25. The summed E-state index contributed by atoms with van der Waals surface area (Å²) in [5.41, 5.74) is 1.82. The topological polar surface area (TPSA) is 69.6 Å². The fraction of sp³-hybridized carbons (Fsp3) is 0.429. The Balaban J connectivity index is 2.32. The lowest BCUT2D eigenvalue weighted by Crippen LogP contribution is -2.41. The average molecular weight is 262 g/mol.